The van der Waals surface area contributed by atoms with Crippen LogP contribution in [-0.4, -0.2) is 51.3 Å². The Bertz CT molecular complexity index is 779. The van der Waals surface area contributed by atoms with Gasteiger partial charge in [0.1, 0.15) is 5.75 Å². The van der Waals surface area contributed by atoms with Crippen LogP contribution in [0.4, 0.5) is 0 Å². The molecule has 0 bridgehead atoms. The predicted octanol–water partition coefficient (Wildman–Crippen LogP) is 1.67. The minimum Gasteiger partial charge on any atom is -0.481 e. The number of aryl methyl sites for hydroxylation is 1. The van der Waals surface area contributed by atoms with Gasteiger partial charge in [0.15, 0.2) is 11.9 Å². The third-order valence-electron chi connectivity index (χ3n) is 4.79. The van der Waals surface area contributed by atoms with Gasteiger partial charge in [0.2, 0.25) is 5.89 Å². The van der Waals surface area contributed by atoms with Gasteiger partial charge in [-0.25, -0.2) is 0 Å². The van der Waals surface area contributed by atoms with E-state index in [9.17, 15) is 9.90 Å². The van der Waals surface area contributed by atoms with Crippen molar-refractivity contribution in [2.75, 3.05) is 13.1 Å². The maximum Gasteiger partial charge on any atom is 0.261 e. The fourth-order valence-corrected chi connectivity index (χ4v) is 3.31. The van der Waals surface area contributed by atoms with E-state index in [1.165, 1.54) is 0 Å². The van der Waals surface area contributed by atoms with Crippen LogP contribution in [0.25, 0.3) is 0 Å². The van der Waals surface area contributed by atoms with E-state index in [1.54, 1.807) is 31.2 Å². The van der Waals surface area contributed by atoms with E-state index in [0.717, 1.165) is 37.9 Å². The second kappa shape index (κ2) is 9.66. The standard InChI is InChI=1S/C20H28N4O4/c1-3-19-22-18(23-28-19)12-24-9-5-7-16(11-24)21-20(26)14(2)27-17-8-4-6-15(10-17)13-25/h4,6,8,10,14,16,25H,3,5,7,9,11-13H2,1-2H3,(H,21,26). The SMILES string of the molecule is CCc1nc(CN2CCCC(NC(=O)C(C)Oc3cccc(CO)c3)C2)no1. The molecule has 1 amide bonds. The summed E-state index contributed by atoms with van der Waals surface area (Å²) in [6, 6.07) is 7.18. The van der Waals surface area contributed by atoms with Gasteiger partial charge >= 0.3 is 0 Å². The zero-order chi connectivity index (χ0) is 19.9. The molecule has 0 radical (unpaired) electrons. The first kappa shape index (κ1) is 20.3. The third kappa shape index (κ3) is 5.53. The summed E-state index contributed by atoms with van der Waals surface area (Å²) in [6.07, 6.45) is 2.04. The van der Waals surface area contributed by atoms with Crippen LogP contribution in [-0.2, 0) is 24.4 Å². The molecule has 2 heterocycles. The summed E-state index contributed by atoms with van der Waals surface area (Å²) in [5.74, 6) is 1.76. The number of carbonyl (C=O) groups excluding carboxylic acids is 1. The Morgan fingerprint density at radius 1 is 1.50 bits per heavy atom. The largest absolute Gasteiger partial charge is 0.481 e. The summed E-state index contributed by atoms with van der Waals surface area (Å²) in [5, 5.41) is 16.3. The number of carbonyl (C=O) groups is 1. The number of amides is 1. The van der Waals surface area contributed by atoms with Crippen LogP contribution in [0.3, 0.4) is 0 Å². The van der Waals surface area contributed by atoms with Gasteiger partial charge in [0.05, 0.1) is 13.2 Å². The molecular formula is C20H28N4O4. The van der Waals surface area contributed by atoms with Gasteiger partial charge < -0.3 is 19.7 Å². The van der Waals surface area contributed by atoms with Gasteiger partial charge in [0, 0.05) is 19.0 Å². The smallest absolute Gasteiger partial charge is 0.261 e. The van der Waals surface area contributed by atoms with E-state index in [1.807, 2.05) is 6.92 Å². The van der Waals surface area contributed by atoms with Gasteiger partial charge in [-0.15, -0.1) is 0 Å². The molecule has 1 fully saturated rings. The predicted molar refractivity (Wildman–Crippen MR) is 103 cm³/mol. The average molecular weight is 388 g/mol. The molecule has 1 aliphatic heterocycles. The average Bonchev–Trinajstić information content (AvgIpc) is 3.16. The molecule has 1 aromatic heterocycles. The molecule has 3 rings (SSSR count). The van der Waals surface area contributed by atoms with E-state index in [2.05, 4.69) is 20.4 Å². The second-order valence-electron chi connectivity index (χ2n) is 7.11. The van der Waals surface area contributed by atoms with Crippen LogP contribution >= 0.6 is 0 Å². The number of nitrogens with one attached hydrogen (secondary N) is 1. The highest BCUT2D eigenvalue weighted by Gasteiger charge is 2.25. The van der Waals surface area contributed by atoms with Crippen LogP contribution in [0.5, 0.6) is 5.75 Å². The molecule has 28 heavy (non-hydrogen) atoms. The number of likely N-dealkylation sites (tertiary alicyclic amines) is 1. The first-order valence-electron chi connectivity index (χ1n) is 9.78. The molecule has 2 aromatic rings. The normalized spacial score (nSPS) is 18.6. The molecule has 1 saturated heterocycles. The zero-order valence-electron chi connectivity index (χ0n) is 16.4. The summed E-state index contributed by atoms with van der Waals surface area (Å²) in [5.41, 5.74) is 0.751. The lowest BCUT2D eigenvalue weighted by atomic mass is 10.1. The van der Waals surface area contributed by atoms with Gasteiger partial charge in [-0.05, 0) is 44.0 Å². The highest BCUT2D eigenvalue weighted by molar-refractivity contribution is 5.81. The highest BCUT2D eigenvalue weighted by Crippen LogP contribution is 2.16. The number of rotatable bonds is 8. The van der Waals surface area contributed by atoms with E-state index in [4.69, 9.17) is 9.26 Å². The highest BCUT2D eigenvalue weighted by atomic mass is 16.5. The minimum absolute atomic E-state index is 0.0597. The Hall–Kier alpha value is -2.45. The van der Waals surface area contributed by atoms with Crippen LogP contribution in [0.1, 0.15) is 44.0 Å². The Morgan fingerprint density at radius 2 is 2.36 bits per heavy atom. The summed E-state index contributed by atoms with van der Waals surface area (Å²) >= 11 is 0. The van der Waals surface area contributed by atoms with Crippen LogP contribution in [0.15, 0.2) is 28.8 Å². The number of piperidine rings is 1. The zero-order valence-corrected chi connectivity index (χ0v) is 16.4. The van der Waals surface area contributed by atoms with Crippen molar-refractivity contribution in [3.63, 3.8) is 0 Å². The van der Waals surface area contributed by atoms with E-state index in [-0.39, 0.29) is 18.6 Å². The van der Waals surface area contributed by atoms with Crippen molar-refractivity contribution in [2.24, 2.45) is 0 Å². The van der Waals surface area contributed by atoms with Crippen molar-refractivity contribution in [1.82, 2.24) is 20.4 Å². The van der Waals surface area contributed by atoms with Crippen molar-refractivity contribution >= 4 is 5.91 Å². The Morgan fingerprint density at radius 3 is 3.11 bits per heavy atom. The van der Waals surface area contributed by atoms with Gasteiger partial charge in [0.25, 0.3) is 5.91 Å². The van der Waals surface area contributed by atoms with E-state index in [0.29, 0.717) is 24.0 Å². The number of hydrogen-bond donors (Lipinski definition) is 2. The summed E-state index contributed by atoms with van der Waals surface area (Å²) in [7, 11) is 0. The lowest BCUT2D eigenvalue weighted by Crippen LogP contribution is -2.50. The van der Waals surface area contributed by atoms with Gasteiger partial charge in [-0.1, -0.05) is 24.2 Å². The molecule has 2 unspecified atom stereocenters. The van der Waals surface area contributed by atoms with Crippen LogP contribution in [0, 0.1) is 0 Å². The lowest BCUT2D eigenvalue weighted by Gasteiger charge is -2.32. The van der Waals surface area contributed by atoms with Gasteiger partial charge in [-0.2, -0.15) is 4.98 Å². The monoisotopic (exact) mass is 388 g/mol. The van der Waals surface area contributed by atoms with Crippen molar-refractivity contribution in [3.8, 4) is 5.75 Å². The third-order valence-corrected chi connectivity index (χ3v) is 4.79. The Labute approximate surface area is 164 Å². The minimum atomic E-state index is -0.617. The van der Waals surface area contributed by atoms with Crippen LogP contribution in [0.2, 0.25) is 0 Å². The molecular weight excluding hydrogens is 360 g/mol. The molecule has 0 aliphatic carbocycles. The van der Waals surface area contributed by atoms with Crippen molar-refractivity contribution in [3.05, 3.63) is 41.5 Å². The number of aliphatic hydroxyl groups excluding tert-OH is 1. The first-order valence-corrected chi connectivity index (χ1v) is 9.78. The first-order chi connectivity index (χ1) is 13.6. The molecule has 2 atom stereocenters. The number of aromatic nitrogens is 2. The fraction of sp³-hybridized carbons (Fsp3) is 0.550. The Balaban J connectivity index is 1.49. The molecule has 8 heteroatoms. The van der Waals surface area contributed by atoms with Crippen molar-refractivity contribution in [2.45, 2.75) is 58.4 Å². The summed E-state index contributed by atoms with van der Waals surface area (Å²) in [4.78, 5) is 19.1. The maximum absolute atomic E-state index is 12.5. The molecule has 152 valence electrons. The fourth-order valence-electron chi connectivity index (χ4n) is 3.31. The molecule has 2 N–H and O–H groups in total. The Kier molecular flexibility index (Phi) is 7.00. The molecule has 8 nitrogen and oxygen atoms in total. The van der Waals surface area contributed by atoms with Gasteiger partial charge in [-0.3, -0.25) is 9.69 Å². The summed E-state index contributed by atoms with van der Waals surface area (Å²) < 4.78 is 10.9. The van der Waals surface area contributed by atoms with Crippen LogP contribution < -0.4 is 10.1 Å². The topological polar surface area (TPSA) is 101 Å². The number of benzene rings is 1. The van der Waals surface area contributed by atoms with Crippen molar-refractivity contribution in [1.29, 1.82) is 0 Å². The quantitative estimate of drug-likeness (QED) is 0.709. The number of ether oxygens (including phenoxy) is 1. The number of hydrogen-bond acceptors (Lipinski definition) is 7. The second-order valence-corrected chi connectivity index (χ2v) is 7.11. The maximum atomic E-state index is 12.5. The molecule has 1 aromatic carbocycles. The van der Waals surface area contributed by atoms with Crippen molar-refractivity contribution < 1.29 is 19.2 Å². The number of nitrogens with zero attached hydrogens (tertiary/aromatic N) is 3. The van der Waals surface area contributed by atoms with E-state index < -0.39 is 6.10 Å². The molecule has 0 spiro atoms. The molecule has 1 aliphatic rings. The lowest BCUT2D eigenvalue weighted by molar-refractivity contribution is -0.128. The number of aliphatic hydroxyl groups is 1. The molecule has 0 saturated carbocycles. The summed E-state index contributed by atoms with van der Waals surface area (Å²) in [6.45, 7) is 5.96. The van der Waals surface area contributed by atoms with E-state index >= 15 is 0 Å².